The molecule has 1 aliphatic heterocycles. The first-order chi connectivity index (χ1) is 6.86. The van der Waals surface area contributed by atoms with Crippen molar-refractivity contribution in [1.29, 1.82) is 0 Å². The standard InChI is InChI=1S/C11H23NO3/c1-11(2,3)12-5-8(7-15-4)10(14)9(13)6-12/h8-10,13-14H,5-7H2,1-4H3/t8-,9-,10-/m1/s1. The number of likely N-dealkylation sites (tertiary alicyclic amines) is 1. The fraction of sp³-hybridized carbons (Fsp3) is 1.00. The molecule has 15 heavy (non-hydrogen) atoms. The van der Waals surface area contributed by atoms with E-state index < -0.39 is 12.2 Å². The van der Waals surface area contributed by atoms with Crippen LogP contribution in [0, 0.1) is 5.92 Å². The Balaban J connectivity index is 2.66. The summed E-state index contributed by atoms with van der Waals surface area (Å²) in [4.78, 5) is 2.19. The molecule has 0 radical (unpaired) electrons. The van der Waals surface area contributed by atoms with Gasteiger partial charge in [-0.2, -0.15) is 0 Å². The molecule has 4 heteroatoms. The van der Waals surface area contributed by atoms with Gasteiger partial charge in [0.05, 0.1) is 18.8 Å². The second kappa shape index (κ2) is 4.78. The van der Waals surface area contributed by atoms with Gasteiger partial charge in [0.15, 0.2) is 0 Å². The Morgan fingerprint density at radius 1 is 1.27 bits per heavy atom. The van der Waals surface area contributed by atoms with E-state index in [9.17, 15) is 10.2 Å². The van der Waals surface area contributed by atoms with Crippen LogP contribution in [0.5, 0.6) is 0 Å². The Hall–Kier alpha value is -0.160. The quantitative estimate of drug-likeness (QED) is 0.688. The van der Waals surface area contributed by atoms with Crippen LogP contribution >= 0.6 is 0 Å². The molecule has 0 aromatic carbocycles. The van der Waals surface area contributed by atoms with Crippen molar-refractivity contribution in [3.05, 3.63) is 0 Å². The molecule has 0 aliphatic carbocycles. The summed E-state index contributed by atoms with van der Waals surface area (Å²) in [5, 5.41) is 19.6. The number of hydrogen-bond acceptors (Lipinski definition) is 4. The Kier molecular flexibility index (Phi) is 4.12. The number of hydrogen-bond donors (Lipinski definition) is 2. The summed E-state index contributed by atoms with van der Waals surface area (Å²) in [6.07, 6.45) is -1.33. The minimum Gasteiger partial charge on any atom is -0.390 e. The minimum absolute atomic E-state index is 0.00188. The van der Waals surface area contributed by atoms with Crippen LogP contribution in [0.1, 0.15) is 20.8 Å². The van der Waals surface area contributed by atoms with Gasteiger partial charge in [-0.3, -0.25) is 4.90 Å². The van der Waals surface area contributed by atoms with Crippen molar-refractivity contribution in [1.82, 2.24) is 4.90 Å². The molecule has 1 rings (SSSR count). The van der Waals surface area contributed by atoms with Crippen molar-refractivity contribution >= 4 is 0 Å². The number of β-amino-alcohol motifs (C(OH)–C–C–N with tert-alkyl or cyclic N) is 1. The smallest absolute Gasteiger partial charge is 0.0929 e. The second-order valence-electron chi connectivity index (χ2n) is 5.35. The van der Waals surface area contributed by atoms with E-state index in [1.165, 1.54) is 0 Å². The number of aliphatic hydroxyl groups excluding tert-OH is 2. The van der Waals surface area contributed by atoms with Gasteiger partial charge in [0, 0.05) is 31.7 Å². The summed E-state index contributed by atoms with van der Waals surface area (Å²) in [5.41, 5.74) is 0.0209. The van der Waals surface area contributed by atoms with Crippen LogP contribution in [-0.2, 0) is 4.74 Å². The summed E-state index contributed by atoms with van der Waals surface area (Å²) < 4.78 is 5.06. The first-order valence-electron chi connectivity index (χ1n) is 5.46. The van der Waals surface area contributed by atoms with Crippen LogP contribution in [-0.4, -0.2) is 59.7 Å². The highest BCUT2D eigenvalue weighted by atomic mass is 16.5. The van der Waals surface area contributed by atoms with Crippen LogP contribution in [0.15, 0.2) is 0 Å². The topological polar surface area (TPSA) is 52.9 Å². The van der Waals surface area contributed by atoms with Gasteiger partial charge in [-0.25, -0.2) is 0 Å². The molecular formula is C11H23NO3. The molecule has 0 amide bonds. The lowest BCUT2D eigenvalue weighted by Gasteiger charge is -2.45. The molecule has 0 unspecified atom stereocenters. The highest BCUT2D eigenvalue weighted by Crippen LogP contribution is 2.24. The highest BCUT2D eigenvalue weighted by Gasteiger charge is 2.38. The van der Waals surface area contributed by atoms with Crippen LogP contribution in [0.3, 0.4) is 0 Å². The highest BCUT2D eigenvalue weighted by molar-refractivity contribution is 4.91. The molecule has 0 spiro atoms. The van der Waals surface area contributed by atoms with Gasteiger partial charge in [-0.1, -0.05) is 0 Å². The number of ether oxygens (including phenoxy) is 1. The van der Waals surface area contributed by atoms with Crippen LogP contribution < -0.4 is 0 Å². The van der Waals surface area contributed by atoms with Gasteiger partial charge in [-0.05, 0) is 20.8 Å². The first-order valence-corrected chi connectivity index (χ1v) is 5.46. The molecule has 90 valence electrons. The summed E-state index contributed by atoms with van der Waals surface area (Å²) in [5.74, 6) is -0.00188. The average Bonchev–Trinajstić information content (AvgIpc) is 2.11. The zero-order valence-electron chi connectivity index (χ0n) is 10.1. The zero-order chi connectivity index (χ0) is 11.6. The number of rotatable bonds is 2. The molecule has 1 aliphatic rings. The van der Waals surface area contributed by atoms with Crippen LogP contribution in [0.2, 0.25) is 0 Å². The lowest BCUT2D eigenvalue weighted by Crippen LogP contribution is -2.58. The van der Waals surface area contributed by atoms with Gasteiger partial charge < -0.3 is 14.9 Å². The molecule has 0 saturated carbocycles. The maximum Gasteiger partial charge on any atom is 0.0929 e. The average molecular weight is 217 g/mol. The number of nitrogens with zero attached hydrogens (tertiary/aromatic N) is 1. The third-order valence-corrected chi connectivity index (χ3v) is 3.07. The lowest BCUT2D eigenvalue weighted by atomic mass is 9.90. The normalized spacial score (nSPS) is 34.4. The van der Waals surface area contributed by atoms with E-state index in [1.807, 2.05) is 0 Å². The maximum absolute atomic E-state index is 9.80. The Labute approximate surface area is 91.8 Å². The Morgan fingerprint density at radius 3 is 2.33 bits per heavy atom. The molecule has 3 atom stereocenters. The summed E-state index contributed by atoms with van der Waals surface area (Å²) >= 11 is 0. The molecule has 1 fully saturated rings. The van der Waals surface area contributed by atoms with Crippen molar-refractivity contribution in [3.63, 3.8) is 0 Å². The van der Waals surface area contributed by atoms with Crippen LogP contribution in [0.4, 0.5) is 0 Å². The van der Waals surface area contributed by atoms with E-state index in [4.69, 9.17) is 4.74 Å². The van der Waals surface area contributed by atoms with Crippen LogP contribution in [0.25, 0.3) is 0 Å². The monoisotopic (exact) mass is 217 g/mol. The molecular weight excluding hydrogens is 194 g/mol. The predicted octanol–water partition coefficient (Wildman–Crippen LogP) is 0.0849. The van der Waals surface area contributed by atoms with E-state index in [0.717, 1.165) is 6.54 Å². The van der Waals surface area contributed by atoms with E-state index in [1.54, 1.807) is 7.11 Å². The van der Waals surface area contributed by atoms with Gasteiger partial charge in [0.2, 0.25) is 0 Å². The fourth-order valence-corrected chi connectivity index (χ4v) is 2.03. The molecule has 0 bridgehead atoms. The van der Waals surface area contributed by atoms with Crippen molar-refractivity contribution in [2.45, 2.75) is 38.5 Å². The Bertz CT molecular complexity index is 202. The molecule has 0 aromatic rings. The third-order valence-electron chi connectivity index (χ3n) is 3.07. The largest absolute Gasteiger partial charge is 0.390 e. The molecule has 2 N–H and O–H groups in total. The lowest BCUT2D eigenvalue weighted by molar-refractivity contribution is -0.108. The summed E-state index contributed by atoms with van der Waals surface area (Å²) in [6.45, 7) is 8.13. The summed E-state index contributed by atoms with van der Waals surface area (Å²) in [6, 6.07) is 0. The minimum atomic E-state index is -0.668. The van der Waals surface area contributed by atoms with Crippen molar-refractivity contribution in [2.75, 3.05) is 26.8 Å². The van der Waals surface area contributed by atoms with Crippen molar-refractivity contribution in [2.24, 2.45) is 5.92 Å². The predicted molar refractivity (Wildman–Crippen MR) is 58.7 cm³/mol. The van der Waals surface area contributed by atoms with E-state index in [2.05, 4.69) is 25.7 Å². The van der Waals surface area contributed by atoms with Gasteiger partial charge in [-0.15, -0.1) is 0 Å². The van der Waals surface area contributed by atoms with E-state index in [-0.39, 0.29) is 11.5 Å². The number of aliphatic hydroxyl groups is 2. The number of methoxy groups -OCH3 is 1. The second-order valence-corrected chi connectivity index (χ2v) is 5.35. The maximum atomic E-state index is 9.80. The number of piperidine rings is 1. The molecule has 4 nitrogen and oxygen atoms in total. The molecule has 1 heterocycles. The van der Waals surface area contributed by atoms with E-state index >= 15 is 0 Å². The van der Waals surface area contributed by atoms with Crippen molar-refractivity contribution in [3.8, 4) is 0 Å². The summed E-state index contributed by atoms with van der Waals surface area (Å²) in [7, 11) is 1.62. The van der Waals surface area contributed by atoms with Gasteiger partial charge >= 0.3 is 0 Å². The zero-order valence-corrected chi connectivity index (χ0v) is 10.1. The molecule has 0 aromatic heterocycles. The van der Waals surface area contributed by atoms with E-state index in [0.29, 0.717) is 13.2 Å². The van der Waals surface area contributed by atoms with Crippen molar-refractivity contribution < 1.29 is 14.9 Å². The van der Waals surface area contributed by atoms with Gasteiger partial charge in [0.1, 0.15) is 0 Å². The fourth-order valence-electron chi connectivity index (χ4n) is 2.03. The Morgan fingerprint density at radius 2 is 1.87 bits per heavy atom. The third kappa shape index (κ3) is 3.14. The molecule has 1 saturated heterocycles. The SMILES string of the molecule is COC[C@H]1CN(C(C)(C)C)C[C@@H](O)[C@@H]1O. The van der Waals surface area contributed by atoms with Gasteiger partial charge in [0.25, 0.3) is 0 Å². The first kappa shape index (κ1) is 12.9.